The van der Waals surface area contributed by atoms with Gasteiger partial charge in [0.25, 0.3) is 0 Å². The van der Waals surface area contributed by atoms with Crippen molar-refractivity contribution in [3.05, 3.63) is 61.2 Å². The standard InChI is InChI=1S/C37H52BrN3O8/c1-9-11-17-27(43)39-25(21-47-8)30(23-15-13-12-14-16-23)48-35(46)28-29-33(44)41(26(20-42)22(3)4)32(37(29)19-24(38)31(28)49-37)34(45)40(18-10-2)36(5,6)7/h9-10,12-16,22,24-26,28-32,42H,1-2,11,17-21H2,3-8H3,(H,39,43)/t24?,25-,26+,28+,29-,30-,31+,32+,37-/m1/s1. The van der Waals surface area contributed by atoms with Crippen LogP contribution in [0.25, 0.3) is 0 Å². The van der Waals surface area contributed by atoms with E-state index in [1.807, 2.05) is 52.8 Å². The number of carbonyl (C=O) groups is 4. The molecule has 3 fully saturated rings. The Bertz CT molecular complexity index is 1380. The van der Waals surface area contributed by atoms with Gasteiger partial charge < -0.3 is 34.4 Å². The summed E-state index contributed by atoms with van der Waals surface area (Å²) in [5.41, 5.74) is -1.34. The fourth-order valence-electron chi connectivity index (χ4n) is 7.69. The maximum absolute atomic E-state index is 14.7. The number of carbonyl (C=O) groups excluding carboxylic acids is 4. The van der Waals surface area contributed by atoms with Crippen molar-refractivity contribution < 1.29 is 38.5 Å². The zero-order chi connectivity index (χ0) is 36.3. The number of halogens is 1. The van der Waals surface area contributed by atoms with Gasteiger partial charge in [0.05, 0.1) is 43.2 Å². The van der Waals surface area contributed by atoms with E-state index >= 15 is 0 Å². The Balaban J connectivity index is 1.78. The molecule has 4 rings (SSSR count). The number of rotatable bonds is 16. The molecule has 1 aromatic rings. The zero-order valence-electron chi connectivity index (χ0n) is 29.5. The van der Waals surface area contributed by atoms with Crippen molar-refractivity contribution in [1.29, 1.82) is 0 Å². The van der Waals surface area contributed by atoms with Crippen LogP contribution in [0.1, 0.15) is 65.5 Å². The number of nitrogens with one attached hydrogen (secondary N) is 1. The van der Waals surface area contributed by atoms with Gasteiger partial charge in [-0.25, -0.2) is 0 Å². The summed E-state index contributed by atoms with van der Waals surface area (Å²) in [6.45, 7) is 16.9. The fraction of sp³-hybridized carbons (Fsp3) is 0.622. The lowest BCUT2D eigenvalue weighted by Gasteiger charge is -2.44. The van der Waals surface area contributed by atoms with Crippen LogP contribution in [0, 0.1) is 17.8 Å². The van der Waals surface area contributed by atoms with E-state index in [2.05, 4.69) is 34.4 Å². The molecule has 0 aliphatic carbocycles. The molecule has 1 aromatic carbocycles. The zero-order valence-corrected chi connectivity index (χ0v) is 31.1. The quantitative estimate of drug-likeness (QED) is 0.148. The van der Waals surface area contributed by atoms with E-state index in [0.29, 0.717) is 18.4 Å². The first kappa shape index (κ1) is 38.7. The SMILES string of the molecule is C=CCCC(=O)N[C@H](COC)[C@H](OC(=O)[C@@H]1[C@H]2O[C@@]3(CC2Br)[C@H](C(=O)N(CC=C)C(C)(C)C)N([C@@H](CO)C(C)C)C(=O)[C@@H]13)c1ccccc1. The lowest BCUT2D eigenvalue weighted by atomic mass is 9.70. The van der Waals surface area contributed by atoms with E-state index in [9.17, 15) is 24.3 Å². The predicted molar refractivity (Wildman–Crippen MR) is 188 cm³/mol. The van der Waals surface area contributed by atoms with Gasteiger partial charge in [-0.15, -0.1) is 13.2 Å². The largest absolute Gasteiger partial charge is 0.455 e. The van der Waals surface area contributed by atoms with Gasteiger partial charge in [-0.05, 0) is 45.1 Å². The second kappa shape index (κ2) is 15.9. The Hall–Kier alpha value is -3.06. The number of esters is 1. The third-order valence-corrected chi connectivity index (χ3v) is 10.8. The molecule has 2 N–H and O–H groups in total. The number of benzene rings is 1. The molecule has 12 heteroatoms. The smallest absolute Gasteiger partial charge is 0.313 e. The summed E-state index contributed by atoms with van der Waals surface area (Å²) in [7, 11) is 1.50. The molecule has 3 aliphatic heterocycles. The number of nitrogens with zero attached hydrogens (tertiary/aromatic N) is 2. The molecule has 0 saturated carbocycles. The second-order valence-corrected chi connectivity index (χ2v) is 15.7. The number of alkyl halides is 1. The van der Waals surface area contributed by atoms with Crippen LogP contribution in [0.5, 0.6) is 0 Å². The number of allylic oxidation sites excluding steroid dienone is 1. The van der Waals surface area contributed by atoms with Crippen LogP contribution in [0.2, 0.25) is 0 Å². The van der Waals surface area contributed by atoms with Gasteiger partial charge in [0, 0.05) is 30.4 Å². The molecule has 3 heterocycles. The van der Waals surface area contributed by atoms with E-state index in [0.717, 1.165) is 0 Å². The highest BCUT2D eigenvalue weighted by Crippen LogP contribution is 2.61. The normalized spacial score (nSPS) is 27.7. The highest BCUT2D eigenvalue weighted by atomic mass is 79.9. The average molecular weight is 747 g/mol. The van der Waals surface area contributed by atoms with Crippen molar-refractivity contribution in [3.63, 3.8) is 0 Å². The number of methoxy groups -OCH3 is 1. The van der Waals surface area contributed by atoms with Crippen molar-refractivity contribution in [2.45, 2.75) is 100 Å². The Morgan fingerprint density at radius 3 is 2.43 bits per heavy atom. The number of ether oxygens (including phenoxy) is 3. The number of hydrogen-bond acceptors (Lipinski definition) is 8. The molecule has 3 aliphatic rings. The number of hydrogen-bond donors (Lipinski definition) is 2. The molecule has 2 bridgehead atoms. The average Bonchev–Trinajstić information content (AvgIpc) is 3.64. The number of aliphatic hydroxyl groups excluding tert-OH is 1. The van der Waals surface area contributed by atoms with Crippen molar-refractivity contribution in [3.8, 4) is 0 Å². The molecule has 49 heavy (non-hydrogen) atoms. The minimum absolute atomic E-state index is 0.0491. The highest BCUT2D eigenvalue weighted by Gasteiger charge is 2.78. The van der Waals surface area contributed by atoms with Gasteiger partial charge >= 0.3 is 5.97 Å². The summed E-state index contributed by atoms with van der Waals surface area (Å²) in [4.78, 5) is 59.6. The van der Waals surface area contributed by atoms with E-state index in [4.69, 9.17) is 14.2 Å². The Morgan fingerprint density at radius 2 is 1.88 bits per heavy atom. The minimum atomic E-state index is -1.35. The maximum atomic E-state index is 14.7. The first-order valence-corrected chi connectivity index (χ1v) is 17.9. The van der Waals surface area contributed by atoms with Gasteiger partial charge in [-0.3, -0.25) is 19.2 Å². The monoisotopic (exact) mass is 745 g/mol. The van der Waals surface area contributed by atoms with E-state index < -0.39 is 65.2 Å². The van der Waals surface area contributed by atoms with Crippen LogP contribution in [-0.2, 0) is 33.4 Å². The second-order valence-electron chi connectivity index (χ2n) is 14.5. The molecule has 9 atom stereocenters. The van der Waals surface area contributed by atoms with Gasteiger partial charge in [-0.2, -0.15) is 0 Å². The summed E-state index contributed by atoms with van der Waals surface area (Å²) in [5.74, 6) is -3.99. The van der Waals surface area contributed by atoms with Crippen LogP contribution in [0.4, 0.5) is 0 Å². The van der Waals surface area contributed by atoms with E-state index in [1.54, 1.807) is 29.2 Å². The first-order valence-electron chi connectivity index (χ1n) is 17.0. The third kappa shape index (κ3) is 7.52. The molecule has 0 aromatic heterocycles. The van der Waals surface area contributed by atoms with Gasteiger partial charge in [-0.1, -0.05) is 72.3 Å². The lowest BCUT2D eigenvalue weighted by Crippen LogP contribution is -2.62. The lowest BCUT2D eigenvalue weighted by molar-refractivity contribution is -0.164. The molecular weight excluding hydrogens is 694 g/mol. The molecular formula is C37H52BrN3O8. The van der Waals surface area contributed by atoms with E-state index in [-0.39, 0.29) is 48.7 Å². The highest BCUT2D eigenvalue weighted by molar-refractivity contribution is 9.09. The van der Waals surface area contributed by atoms with Crippen LogP contribution >= 0.6 is 15.9 Å². The summed E-state index contributed by atoms with van der Waals surface area (Å²) < 4.78 is 18.5. The van der Waals surface area contributed by atoms with Crippen molar-refractivity contribution in [2.75, 3.05) is 26.9 Å². The van der Waals surface area contributed by atoms with Crippen LogP contribution in [-0.4, -0.2) is 106 Å². The van der Waals surface area contributed by atoms with Crippen LogP contribution in [0.15, 0.2) is 55.6 Å². The Labute approximate surface area is 298 Å². The Kier molecular flexibility index (Phi) is 12.5. The summed E-state index contributed by atoms with van der Waals surface area (Å²) in [5, 5.41) is 13.5. The molecule has 11 nitrogen and oxygen atoms in total. The van der Waals surface area contributed by atoms with Crippen molar-refractivity contribution >= 4 is 39.6 Å². The minimum Gasteiger partial charge on any atom is -0.455 e. The Morgan fingerprint density at radius 1 is 1.20 bits per heavy atom. The summed E-state index contributed by atoms with van der Waals surface area (Å²) in [6, 6.07) is 6.51. The van der Waals surface area contributed by atoms with Gasteiger partial charge in [0.2, 0.25) is 17.7 Å². The number of fused-ring (bicyclic) bond motifs is 1. The summed E-state index contributed by atoms with van der Waals surface area (Å²) >= 11 is 3.73. The molecule has 270 valence electrons. The number of amides is 3. The van der Waals surface area contributed by atoms with Gasteiger partial charge in [0.1, 0.15) is 17.7 Å². The molecule has 0 radical (unpaired) electrons. The topological polar surface area (TPSA) is 135 Å². The molecule has 3 saturated heterocycles. The number of likely N-dealkylation sites (tertiary alicyclic amines) is 1. The van der Waals surface area contributed by atoms with E-state index in [1.165, 1.54) is 12.0 Å². The number of aliphatic hydroxyl groups is 1. The van der Waals surface area contributed by atoms with Crippen LogP contribution < -0.4 is 5.32 Å². The summed E-state index contributed by atoms with van der Waals surface area (Å²) in [6.07, 6.45) is 2.56. The van der Waals surface area contributed by atoms with Crippen LogP contribution in [0.3, 0.4) is 0 Å². The fourth-order valence-corrected chi connectivity index (χ4v) is 8.63. The maximum Gasteiger partial charge on any atom is 0.313 e. The molecule has 3 amide bonds. The molecule has 1 spiro atoms. The molecule has 1 unspecified atom stereocenters. The predicted octanol–water partition coefficient (Wildman–Crippen LogP) is 3.95. The van der Waals surface area contributed by atoms with Crippen molar-refractivity contribution in [2.24, 2.45) is 17.8 Å². The van der Waals surface area contributed by atoms with Crippen molar-refractivity contribution in [1.82, 2.24) is 15.1 Å². The first-order chi connectivity index (χ1) is 23.2. The third-order valence-electron chi connectivity index (χ3n) is 9.94. The van der Waals surface area contributed by atoms with Gasteiger partial charge in [0.15, 0.2) is 0 Å².